The van der Waals surface area contributed by atoms with E-state index in [4.69, 9.17) is 14.2 Å². The van der Waals surface area contributed by atoms with Crippen LogP contribution in [0.2, 0.25) is 0 Å². The fourth-order valence-corrected chi connectivity index (χ4v) is 3.87. The number of benzene rings is 2. The largest absolute Gasteiger partial charge is 0.484 e. The average molecular weight is 366 g/mol. The Hall–Kier alpha value is -3.22. The second-order valence-electron chi connectivity index (χ2n) is 7.05. The van der Waals surface area contributed by atoms with Crippen LogP contribution in [0.5, 0.6) is 17.2 Å². The maximum atomic E-state index is 12.7. The monoisotopic (exact) mass is 366 g/mol. The van der Waals surface area contributed by atoms with Crippen molar-refractivity contribution in [3.63, 3.8) is 0 Å². The highest BCUT2D eigenvalue weighted by Crippen LogP contribution is 2.39. The summed E-state index contributed by atoms with van der Waals surface area (Å²) in [5.41, 5.74) is 0.611. The molecule has 0 aromatic heterocycles. The predicted molar refractivity (Wildman–Crippen MR) is 96.5 cm³/mol. The molecule has 0 radical (unpaired) electrons. The van der Waals surface area contributed by atoms with Crippen LogP contribution in [-0.2, 0) is 0 Å². The maximum absolute atomic E-state index is 12.7. The van der Waals surface area contributed by atoms with Gasteiger partial charge in [-0.05, 0) is 24.3 Å². The zero-order valence-electron chi connectivity index (χ0n) is 14.6. The second-order valence-corrected chi connectivity index (χ2v) is 7.05. The van der Waals surface area contributed by atoms with Crippen molar-refractivity contribution in [1.29, 1.82) is 0 Å². The number of ether oxygens (including phenoxy) is 3. The van der Waals surface area contributed by atoms with Crippen molar-refractivity contribution in [3.05, 3.63) is 48.0 Å². The minimum Gasteiger partial charge on any atom is -0.484 e. The molecule has 1 fully saturated rings. The molecule has 3 aliphatic heterocycles. The van der Waals surface area contributed by atoms with Gasteiger partial charge >= 0.3 is 6.03 Å². The van der Waals surface area contributed by atoms with Crippen molar-refractivity contribution in [2.45, 2.75) is 18.4 Å². The summed E-state index contributed by atoms with van der Waals surface area (Å²) in [6.45, 7) is 1.10. The first-order valence-electron chi connectivity index (χ1n) is 8.89. The Bertz CT molecular complexity index is 944. The quantitative estimate of drug-likeness (QED) is 0.839. The molecule has 0 bridgehead atoms. The van der Waals surface area contributed by atoms with E-state index in [-0.39, 0.29) is 25.0 Å². The van der Waals surface area contributed by atoms with E-state index in [2.05, 4.69) is 5.32 Å². The number of nitrogens with one attached hydrogen (secondary N) is 1. The van der Waals surface area contributed by atoms with Gasteiger partial charge in [-0.3, -0.25) is 4.79 Å². The standard InChI is InChI=1S/C20H18N2O5/c23-15-10-20(27-16-4-2-1-3-14(15)16)7-8-22(11-20)19(24)21-13-5-6-17-18(9-13)26-12-25-17/h1-6,9H,7-8,10-12H2,(H,21,24)/t20-/m1/s1. The number of hydrogen-bond acceptors (Lipinski definition) is 5. The Morgan fingerprint density at radius 2 is 1.93 bits per heavy atom. The Morgan fingerprint density at radius 1 is 1.07 bits per heavy atom. The van der Waals surface area contributed by atoms with Gasteiger partial charge in [0.2, 0.25) is 6.79 Å². The van der Waals surface area contributed by atoms with Gasteiger partial charge in [0.1, 0.15) is 11.4 Å². The summed E-state index contributed by atoms with van der Waals surface area (Å²) >= 11 is 0. The molecule has 2 aromatic carbocycles. The number of nitrogens with zero attached hydrogens (tertiary/aromatic N) is 1. The highest BCUT2D eigenvalue weighted by Gasteiger charge is 2.47. The topological polar surface area (TPSA) is 77.1 Å². The Kier molecular flexibility index (Phi) is 3.50. The third kappa shape index (κ3) is 2.75. The number of urea groups is 1. The normalized spacial score (nSPS) is 22.5. The first-order chi connectivity index (χ1) is 13.1. The molecule has 0 unspecified atom stereocenters. The molecule has 7 heteroatoms. The number of anilines is 1. The molecule has 27 heavy (non-hydrogen) atoms. The van der Waals surface area contributed by atoms with Crippen LogP contribution in [0.25, 0.3) is 0 Å². The lowest BCUT2D eigenvalue weighted by Crippen LogP contribution is -2.45. The van der Waals surface area contributed by atoms with Crippen molar-refractivity contribution in [3.8, 4) is 17.2 Å². The van der Waals surface area contributed by atoms with Gasteiger partial charge in [0.05, 0.1) is 18.5 Å². The molecule has 1 atom stereocenters. The zero-order chi connectivity index (χ0) is 18.4. The highest BCUT2D eigenvalue weighted by molar-refractivity contribution is 6.00. The molecule has 1 saturated heterocycles. The summed E-state index contributed by atoms with van der Waals surface area (Å²) in [6.07, 6.45) is 0.916. The van der Waals surface area contributed by atoms with Gasteiger partial charge in [0.15, 0.2) is 17.3 Å². The van der Waals surface area contributed by atoms with Crippen LogP contribution in [0.15, 0.2) is 42.5 Å². The molecular weight excluding hydrogens is 348 g/mol. The molecule has 5 rings (SSSR count). The van der Waals surface area contributed by atoms with E-state index in [9.17, 15) is 9.59 Å². The van der Waals surface area contributed by atoms with E-state index in [1.807, 2.05) is 18.2 Å². The van der Waals surface area contributed by atoms with Crippen LogP contribution in [0.4, 0.5) is 10.5 Å². The summed E-state index contributed by atoms with van der Waals surface area (Å²) < 4.78 is 16.8. The van der Waals surface area contributed by atoms with Gasteiger partial charge in [-0.1, -0.05) is 12.1 Å². The number of carbonyl (C=O) groups is 2. The van der Waals surface area contributed by atoms with Crippen molar-refractivity contribution in [2.24, 2.45) is 0 Å². The Balaban J connectivity index is 1.29. The lowest BCUT2D eigenvalue weighted by molar-refractivity contribution is 0.0482. The smallest absolute Gasteiger partial charge is 0.321 e. The van der Waals surface area contributed by atoms with Crippen LogP contribution in [0.3, 0.4) is 0 Å². The third-order valence-corrected chi connectivity index (χ3v) is 5.22. The van der Waals surface area contributed by atoms with Crippen LogP contribution in [0.1, 0.15) is 23.2 Å². The molecule has 1 spiro atoms. The average Bonchev–Trinajstić information content (AvgIpc) is 3.28. The van der Waals surface area contributed by atoms with Crippen molar-refractivity contribution in [2.75, 3.05) is 25.2 Å². The lowest BCUT2D eigenvalue weighted by atomic mass is 9.89. The van der Waals surface area contributed by atoms with Crippen molar-refractivity contribution in [1.82, 2.24) is 4.90 Å². The molecular formula is C20H18N2O5. The molecule has 0 aliphatic carbocycles. The second kappa shape index (κ2) is 5.90. The molecule has 3 heterocycles. The number of amides is 2. The predicted octanol–water partition coefficient (Wildman–Crippen LogP) is 3.06. The fraction of sp³-hybridized carbons (Fsp3) is 0.300. The molecule has 7 nitrogen and oxygen atoms in total. The molecule has 3 aliphatic rings. The molecule has 0 saturated carbocycles. The van der Waals surface area contributed by atoms with Crippen molar-refractivity contribution >= 4 is 17.5 Å². The van der Waals surface area contributed by atoms with E-state index < -0.39 is 5.60 Å². The maximum Gasteiger partial charge on any atom is 0.321 e. The number of para-hydroxylation sites is 1. The van der Waals surface area contributed by atoms with E-state index >= 15 is 0 Å². The first-order valence-corrected chi connectivity index (χ1v) is 8.89. The SMILES string of the molecule is O=C1C[C@@]2(CCN(C(=O)Nc3ccc4c(c3)OCO4)C2)Oc2ccccc21. The van der Waals surface area contributed by atoms with Gasteiger partial charge in [0, 0.05) is 24.7 Å². The number of carbonyl (C=O) groups excluding carboxylic acids is 2. The minimum atomic E-state index is -0.641. The van der Waals surface area contributed by atoms with E-state index in [1.165, 1.54) is 0 Å². The summed E-state index contributed by atoms with van der Waals surface area (Å²) in [5, 5.41) is 2.88. The number of likely N-dealkylation sites (tertiary alicyclic amines) is 1. The summed E-state index contributed by atoms with van der Waals surface area (Å²) in [5.74, 6) is 1.95. The fourth-order valence-electron chi connectivity index (χ4n) is 3.87. The zero-order valence-corrected chi connectivity index (χ0v) is 14.6. The third-order valence-electron chi connectivity index (χ3n) is 5.22. The molecule has 2 amide bonds. The minimum absolute atomic E-state index is 0.0647. The number of rotatable bonds is 1. The van der Waals surface area contributed by atoms with Gasteiger partial charge in [-0.15, -0.1) is 0 Å². The van der Waals surface area contributed by atoms with Crippen molar-refractivity contribution < 1.29 is 23.8 Å². The Labute approximate surface area is 155 Å². The van der Waals surface area contributed by atoms with Gasteiger partial charge in [-0.25, -0.2) is 4.79 Å². The number of hydrogen-bond donors (Lipinski definition) is 1. The van der Waals surface area contributed by atoms with Crippen LogP contribution in [-0.4, -0.2) is 42.2 Å². The van der Waals surface area contributed by atoms with Crippen LogP contribution >= 0.6 is 0 Å². The molecule has 2 aromatic rings. The van der Waals surface area contributed by atoms with E-state index in [0.29, 0.717) is 48.0 Å². The molecule has 1 N–H and O–H groups in total. The van der Waals surface area contributed by atoms with Gasteiger partial charge in [-0.2, -0.15) is 0 Å². The number of ketones is 1. The van der Waals surface area contributed by atoms with E-state index in [1.54, 1.807) is 29.2 Å². The number of Topliss-reactive ketones (excluding diaryl/α,β-unsaturated/α-hetero) is 1. The highest BCUT2D eigenvalue weighted by atomic mass is 16.7. The molecule has 138 valence electrons. The van der Waals surface area contributed by atoms with Gasteiger partial charge in [0.25, 0.3) is 0 Å². The Morgan fingerprint density at radius 3 is 2.85 bits per heavy atom. The lowest BCUT2D eigenvalue weighted by Gasteiger charge is -2.34. The summed E-state index contributed by atoms with van der Waals surface area (Å²) in [7, 11) is 0. The summed E-state index contributed by atoms with van der Waals surface area (Å²) in [6, 6.07) is 12.3. The first kappa shape index (κ1) is 16.0. The summed E-state index contributed by atoms with van der Waals surface area (Å²) in [4.78, 5) is 26.9. The number of fused-ring (bicyclic) bond motifs is 2. The van der Waals surface area contributed by atoms with Crippen LogP contribution in [0, 0.1) is 0 Å². The van der Waals surface area contributed by atoms with Gasteiger partial charge < -0.3 is 24.4 Å². The van der Waals surface area contributed by atoms with Crippen LogP contribution < -0.4 is 19.5 Å². The van der Waals surface area contributed by atoms with E-state index in [0.717, 1.165) is 0 Å².